The number of para-hydroxylation sites is 1. The van der Waals surface area contributed by atoms with Gasteiger partial charge in [0.25, 0.3) is 0 Å². The Balaban J connectivity index is 3.02. The van der Waals surface area contributed by atoms with Gasteiger partial charge in [-0.15, -0.1) is 0 Å². The highest BCUT2D eigenvalue weighted by molar-refractivity contribution is 8.13. The van der Waals surface area contributed by atoms with Crippen molar-refractivity contribution < 1.29 is 19.1 Å². The van der Waals surface area contributed by atoms with E-state index in [1.165, 1.54) is 14.0 Å². The minimum atomic E-state index is -0.597. The fourth-order valence-electron chi connectivity index (χ4n) is 1.45. The molecule has 0 spiro atoms. The lowest BCUT2D eigenvalue weighted by Crippen LogP contribution is -2.27. The summed E-state index contributed by atoms with van der Waals surface area (Å²) in [6.07, 6.45) is -0.590. The largest absolute Gasteiger partial charge is 0.495 e. The number of thioether (sulfide) groups is 1. The quantitative estimate of drug-likeness (QED) is 0.862. The molecule has 0 saturated carbocycles. The van der Waals surface area contributed by atoms with E-state index < -0.39 is 11.7 Å². The molecule has 1 N–H and O–H groups in total. The van der Waals surface area contributed by atoms with Crippen LogP contribution in [0.4, 0.5) is 10.5 Å². The molecule has 0 fully saturated rings. The van der Waals surface area contributed by atoms with E-state index in [0.29, 0.717) is 16.3 Å². The van der Waals surface area contributed by atoms with Gasteiger partial charge in [-0.3, -0.25) is 10.1 Å². The van der Waals surface area contributed by atoms with E-state index in [4.69, 9.17) is 9.47 Å². The van der Waals surface area contributed by atoms with E-state index >= 15 is 0 Å². The van der Waals surface area contributed by atoms with Crippen LogP contribution in [0, 0.1) is 0 Å². The number of carbonyl (C=O) groups excluding carboxylic acids is 2. The minimum Gasteiger partial charge on any atom is -0.495 e. The summed E-state index contributed by atoms with van der Waals surface area (Å²) in [5.74, 6) is 0.474. The van der Waals surface area contributed by atoms with Gasteiger partial charge in [0.2, 0.25) is 0 Å². The first-order valence-corrected chi connectivity index (χ1v) is 6.90. The summed E-state index contributed by atoms with van der Waals surface area (Å²) in [6.45, 7) is 6.79. The average molecular weight is 297 g/mol. The van der Waals surface area contributed by atoms with Crippen molar-refractivity contribution in [1.29, 1.82) is 0 Å². The van der Waals surface area contributed by atoms with Gasteiger partial charge in [0.05, 0.1) is 7.11 Å². The number of hydrogen-bond acceptors (Lipinski definition) is 5. The normalized spacial score (nSPS) is 10.8. The number of anilines is 1. The van der Waals surface area contributed by atoms with Crippen molar-refractivity contribution >= 4 is 28.7 Å². The number of methoxy groups -OCH3 is 1. The van der Waals surface area contributed by atoms with Crippen LogP contribution in [0.3, 0.4) is 0 Å². The summed E-state index contributed by atoms with van der Waals surface area (Å²) in [6, 6.07) is 5.20. The average Bonchev–Trinajstić information content (AvgIpc) is 2.28. The standard InChI is InChI=1S/C14H19NO4S/c1-9(16)20-11-8-6-7-10(18-5)12(11)15-13(17)19-14(2,3)4/h6-8H,1-5H3,(H,15,17). The van der Waals surface area contributed by atoms with Crippen LogP contribution in [0.15, 0.2) is 23.1 Å². The van der Waals surface area contributed by atoms with Gasteiger partial charge in [0, 0.05) is 11.8 Å². The molecule has 0 aliphatic rings. The van der Waals surface area contributed by atoms with Crippen molar-refractivity contribution in [2.45, 2.75) is 38.2 Å². The summed E-state index contributed by atoms with van der Waals surface area (Å²) in [5.41, 5.74) is -0.163. The van der Waals surface area contributed by atoms with E-state index in [1.54, 1.807) is 39.0 Å². The predicted molar refractivity (Wildman–Crippen MR) is 79.4 cm³/mol. The maximum atomic E-state index is 11.9. The monoisotopic (exact) mass is 297 g/mol. The van der Waals surface area contributed by atoms with Crippen molar-refractivity contribution in [2.75, 3.05) is 12.4 Å². The van der Waals surface area contributed by atoms with E-state index in [0.717, 1.165) is 11.8 Å². The van der Waals surface area contributed by atoms with E-state index in [-0.39, 0.29) is 5.12 Å². The molecule has 1 aromatic rings. The molecule has 0 aliphatic heterocycles. The molecule has 0 bridgehead atoms. The lowest BCUT2D eigenvalue weighted by Gasteiger charge is -2.21. The molecule has 0 saturated heterocycles. The number of amides is 1. The van der Waals surface area contributed by atoms with Crippen LogP contribution in [-0.2, 0) is 9.53 Å². The second kappa shape index (κ2) is 6.65. The third kappa shape index (κ3) is 5.13. The Kier molecular flexibility index (Phi) is 5.44. The van der Waals surface area contributed by atoms with Crippen molar-refractivity contribution in [1.82, 2.24) is 0 Å². The maximum Gasteiger partial charge on any atom is 0.412 e. The van der Waals surface area contributed by atoms with Crippen LogP contribution >= 0.6 is 11.8 Å². The highest BCUT2D eigenvalue weighted by atomic mass is 32.2. The lowest BCUT2D eigenvalue weighted by atomic mass is 10.2. The molecule has 1 rings (SSSR count). The third-order valence-corrected chi connectivity index (χ3v) is 2.94. The molecule has 0 aliphatic carbocycles. The second-order valence-corrected chi connectivity index (χ2v) is 6.27. The first-order chi connectivity index (χ1) is 9.23. The number of benzene rings is 1. The lowest BCUT2D eigenvalue weighted by molar-refractivity contribution is -0.109. The van der Waals surface area contributed by atoms with Gasteiger partial charge in [-0.2, -0.15) is 0 Å². The van der Waals surface area contributed by atoms with E-state index in [1.807, 2.05) is 0 Å². The Hall–Kier alpha value is -1.69. The van der Waals surface area contributed by atoms with Gasteiger partial charge in [0.1, 0.15) is 17.0 Å². The molecule has 0 unspecified atom stereocenters. The molecule has 0 aromatic heterocycles. The van der Waals surface area contributed by atoms with Gasteiger partial charge in [-0.1, -0.05) is 6.07 Å². The zero-order valence-electron chi connectivity index (χ0n) is 12.3. The van der Waals surface area contributed by atoms with E-state index in [9.17, 15) is 9.59 Å². The zero-order chi connectivity index (χ0) is 15.3. The van der Waals surface area contributed by atoms with Gasteiger partial charge >= 0.3 is 6.09 Å². The highest BCUT2D eigenvalue weighted by Gasteiger charge is 2.19. The fourth-order valence-corrected chi connectivity index (χ4v) is 2.16. The molecule has 110 valence electrons. The first kappa shape index (κ1) is 16.4. The van der Waals surface area contributed by atoms with Crippen LogP contribution in [0.2, 0.25) is 0 Å². The van der Waals surface area contributed by atoms with Crippen molar-refractivity contribution in [3.63, 3.8) is 0 Å². The molecule has 0 atom stereocenters. The van der Waals surface area contributed by atoms with Crippen LogP contribution in [0.25, 0.3) is 0 Å². The summed E-state index contributed by atoms with van der Waals surface area (Å²) < 4.78 is 10.4. The number of carbonyl (C=O) groups is 2. The summed E-state index contributed by atoms with van der Waals surface area (Å²) in [4.78, 5) is 23.7. The first-order valence-electron chi connectivity index (χ1n) is 6.08. The number of rotatable bonds is 3. The molecular formula is C14H19NO4S. The molecule has 1 aromatic carbocycles. The zero-order valence-corrected chi connectivity index (χ0v) is 13.1. The summed E-state index contributed by atoms with van der Waals surface area (Å²) >= 11 is 1.03. The van der Waals surface area contributed by atoms with E-state index in [2.05, 4.69) is 5.32 Å². The molecular weight excluding hydrogens is 278 g/mol. The Labute approximate surface area is 123 Å². The minimum absolute atomic E-state index is 0.0782. The molecule has 5 nitrogen and oxygen atoms in total. The van der Waals surface area contributed by atoms with Crippen molar-refractivity contribution in [3.8, 4) is 5.75 Å². The third-order valence-electron chi connectivity index (χ3n) is 2.09. The highest BCUT2D eigenvalue weighted by Crippen LogP contribution is 2.35. The Bertz CT molecular complexity index is 508. The summed E-state index contributed by atoms with van der Waals surface area (Å²) in [7, 11) is 1.50. The Morgan fingerprint density at radius 1 is 1.25 bits per heavy atom. The van der Waals surface area contributed by atoms with Gasteiger partial charge in [0.15, 0.2) is 5.12 Å². The van der Waals surface area contributed by atoms with Crippen LogP contribution in [0.1, 0.15) is 27.7 Å². The Morgan fingerprint density at radius 2 is 1.90 bits per heavy atom. The number of hydrogen-bond donors (Lipinski definition) is 1. The smallest absolute Gasteiger partial charge is 0.412 e. The number of ether oxygens (including phenoxy) is 2. The Morgan fingerprint density at radius 3 is 2.40 bits per heavy atom. The predicted octanol–water partition coefficient (Wildman–Crippen LogP) is 3.68. The van der Waals surface area contributed by atoms with Crippen LogP contribution < -0.4 is 10.1 Å². The SMILES string of the molecule is COc1cccc(SC(C)=O)c1NC(=O)OC(C)(C)C. The molecule has 0 radical (unpaired) electrons. The fraction of sp³-hybridized carbons (Fsp3) is 0.429. The van der Waals surface area contributed by atoms with Gasteiger partial charge < -0.3 is 9.47 Å². The topological polar surface area (TPSA) is 64.6 Å². The van der Waals surface area contributed by atoms with Gasteiger partial charge in [-0.05, 0) is 44.7 Å². The second-order valence-electron chi connectivity index (χ2n) is 5.05. The van der Waals surface area contributed by atoms with Crippen molar-refractivity contribution in [3.05, 3.63) is 18.2 Å². The van der Waals surface area contributed by atoms with Crippen LogP contribution in [-0.4, -0.2) is 23.9 Å². The number of nitrogens with one attached hydrogen (secondary N) is 1. The molecule has 6 heteroatoms. The molecule has 20 heavy (non-hydrogen) atoms. The van der Waals surface area contributed by atoms with Crippen LogP contribution in [0.5, 0.6) is 5.75 Å². The molecule has 1 amide bonds. The molecule has 0 heterocycles. The maximum absolute atomic E-state index is 11.9. The van der Waals surface area contributed by atoms with Crippen molar-refractivity contribution in [2.24, 2.45) is 0 Å². The summed E-state index contributed by atoms with van der Waals surface area (Å²) in [5, 5.41) is 2.55. The van der Waals surface area contributed by atoms with Gasteiger partial charge in [-0.25, -0.2) is 4.79 Å².